The molecule has 1 saturated heterocycles. The Labute approximate surface area is 180 Å². The fourth-order valence-electron chi connectivity index (χ4n) is 3.47. The molecule has 0 bridgehead atoms. The van der Waals surface area contributed by atoms with Crippen molar-refractivity contribution in [3.8, 4) is 0 Å². The SMILES string of the molecule is O=C(NCc1ccc(C(=O)N2CCCCC2)cc1)c1sccc1S(=O)(=O)NC1CC1. The smallest absolute Gasteiger partial charge is 0.263 e. The summed E-state index contributed by atoms with van der Waals surface area (Å²) in [6.07, 6.45) is 4.94. The van der Waals surface area contributed by atoms with Gasteiger partial charge in [-0.2, -0.15) is 0 Å². The largest absolute Gasteiger partial charge is 0.347 e. The molecule has 30 heavy (non-hydrogen) atoms. The van der Waals surface area contributed by atoms with Crippen molar-refractivity contribution in [2.45, 2.75) is 49.6 Å². The molecule has 0 atom stereocenters. The molecule has 9 heteroatoms. The van der Waals surface area contributed by atoms with Crippen molar-refractivity contribution in [2.75, 3.05) is 13.1 Å². The van der Waals surface area contributed by atoms with Gasteiger partial charge in [0.1, 0.15) is 9.77 Å². The predicted octanol–water partition coefficient (Wildman–Crippen LogP) is 2.74. The average Bonchev–Trinajstić information content (AvgIpc) is 3.41. The molecule has 7 nitrogen and oxygen atoms in total. The Morgan fingerprint density at radius 1 is 1.03 bits per heavy atom. The van der Waals surface area contributed by atoms with Gasteiger partial charge >= 0.3 is 0 Å². The van der Waals surface area contributed by atoms with E-state index in [9.17, 15) is 18.0 Å². The lowest BCUT2D eigenvalue weighted by Gasteiger charge is -2.26. The lowest BCUT2D eigenvalue weighted by molar-refractivity contribution is 0.0724. The van der Waals surface area contributed by atoms with Crippen LogP contribution in [0.1, 0.15) is 57.7 Å². The van der Waals surface area contributed by atoms with Gasteiger partial charge in [0.25, 0.3) is 11.8 Å². The van der Waals surface area contributed by atoms with Gasteiger partial charge < -0.3 is 10.2 Å². The van der Waals surface area contributed by atoms with E-state index in [0.29, 0.717) is 5.56 Å². The van der Waals surface area contributed by atoms with Crippen LogP contribution in [0.4, 0.5) is 0 Å². The van der Waals surface area contributed by atoms with Gasteiger partial charge in [0.2, 0.25) is 10.0 Å². The van der Waals surface area contributed by atoms with Gasteiger partial charge in [-0.15, -0.1) is 11.3 Å². The van der Waals surface area contributed by atoms with E-state index in [1.165, 1.54) is 12.5 Å². The number of rotatable bonds is 7. The molecule has 160 valence electrons. The topological polar surface area (TPSA) is 95.6 Å². The molecule has 1 saturated carbocycles. The van der Waals surface area contributed by atoms with E-state index in [0.717, 1.165) is 55.7 Å². The van der Waals surface area contributed by atoms with Crippen LogP contribution in [0.2, 0.25) is 0 Å². The zero-order valence-electron chi connectivity index (χ0n) is 16.6. The number of nitrogens with one attached hydrogen (secondary N) is 2. The lowest BCUT2D eigenvalue weighted by atomic mass is 10.1. The summed E-state index contributed by atoms with van der Waals surface area (Å²) in [5, 5.41) is 4.39. The predicted molar refractivity (Wildman–Crippen MR) is 115 cm³/mol. The number of nitrogens with zero attached hydrogens (tertiary/aromatic N) is 1. The van der Waals surface area contributed by atoms with Crippen LogP contribution in [0.5, 0.6) is 0 Å². The van der Waals surface area contributed by atoms with Crippen LogP contribution in [0, 0.1) is 0 Å². The molecule has 2 N–H and O–H groups in total. The van der Waals surface area contributed by atoms with Gasteiger partial charge in [0, 0.05) is 31.2 Å². The molecule has 2 aliphatic rings. The molecule has 1 aromatic heterocycles. The summed E-state index contributed by atoms with van der Waals surface area (Å²) in [6.45, 7) is 1.86. The number of carbonyl (C=O) groups excluding carboxylic acids is 2. The molecule has 0 radical (unpaired) electrons. The highest BCUT2D eigenvalue weighted by atomic mass is 32.2. The molecule has 4 rings (SSSR count). The maximum atomic E-state index is 12.6. The summed E-state index contributed by atoms with van der Waals surface area (Å²) in [6, 6.07) is 8.64. The third-order valence-corrected chi connectivity index (χ3v) is 7.93. The average molecular weight is 448 g/mol. The molecule has 0 spiro atoms. The molecular formula is C21H25N3O4S2. The van der Waals surface area contributed by atoms with Gasteiger partial charge in [-0.1, -0.05) is 12.1 Å². The summed E-state index contributed by atoms with van der Waals surface area (Å²) in [5.41, 5.74) is 1.49. The second kappa shape index (κ2) is 8.87. The lowest BCUT2D eigenvalue weighted by Crippen LogP contribution is -2.35. The first-order valence-corrected chi connectivity index (χ1v) is 12.6. The number of piperidine rings is 1. The molecule has 1 aromatic carbocycles. The van der Waals surface area contributed by atoms with E-state index in [1.54, 1.807) is 17.5 Å². The molecule has 2 amide bonds. The van der Waals surface area contributed by atoms with Crippen LogP contribution in [0.25, 0.3) is 0 Å². The maximum absolute atomic E-state index is 12.6. The van der Waals surface area contributed by atoms with Crippen LogP contribution in [0.3, 0.4) is 0 Å². The van der Waals surface area contributed by atoms with E-state index >= 15 is 0 Å². The highest BCUT2D eigenvalue weighted by Crippen LogP contribution is 2.26. The van der Waals surface area contributed by atoms with Gasteiger partial charge in [-0.05, 0) is 61.2 Å². The zero-order valence-corrected chi connectivity index (χ0v) is 18.2. The molecule has 1 aliphatic heterocycles. The number of hydrogen-bond acceptors (Lipinski definition) is 5. The highest BCUT2D eigenvalue weighted by molar-refractivity contribution is 7.89. The fourth-order valence-corrected chi connectivity index (χ4v) is 6.11. The van der Waals surface area contributed by atoms with E-state index in [-0.39, 0.29) is 28.3 Å². The van der Waals surface area contributed by atoms with Crippen molar-refractivity contribution >= 4 is 33.2 Å². The molecule has 2 heterocycles. The quantitative estimate of drug-likeness (QED) is 0.682. The van der Waals surface area contributed by atoms with Crippen LogP contribution < -0.4 is 10.0 Å². The Kier molecular flexibility index (Phi) is 6.21. The summed E-state index contributed by atoms with van der Waals surface area (Å²) < 4.78 is 27.5. The Hall–Kier alpha value is -2.23. The minimum absolute atomic E-state index is 0.0167. The molecule has 1 aliphatic carbocycles. The molecular weight excluding hydrogens is 422 g/mol. The Morgan fingerprint density at radius 3 is 2.40 bits per heavy atom. The van der Waals surface area contributed by atoms with E-state index < -0.39 is 15.9 Å². The summed E-state index contributed by atoms with van der Waals surface area (Å²) in [5.74, 6) is -0.378. The van der Waals surface area contributed by atoms with Crippen LogP contribution in [0.15, 0.2) is 40.6 Å². The van der Waals surface area contributed by atoms with Crippen LogP contribution >= 0.6 is 11.3 Å². The van der Waals surface area contributed by atoms with Crippen molar-refractivity contribution in [1.82, 2.24) is 14.9 Å². The van der Waals surface area contributed by atoms with E-state index in [1.807, 2.05) is 17.0 Å². The normalized spacial score (nSPS) is 17.0. The maximum Gasteiger partial charge on any atom is 0.263 e. The molecule has 2 fully saturated rings. The van der Waals surface area contributed by atoms with Crippen LogP contribution in [-0.4, -0.2) is 44.3 Å². The third kappa shape index (κ3) is 4.91. The number of carbonyl (C=O) groups is 2. The Balaban J connectivity index is 1.36. The first-order chi connectivity index (χ1) is 14.4. The zero-order chi connectivity index (χ0) is 21.1. The van der Waals surface area contributed by atoms with Crippen molar-refractivity contribution in [1.29, 1.82) is 0 Å². The standard InChI is InChI=1S/C21H25N3O4S2/c25-20(19-18(10-13-29-19)30(27,28)23-17-8-9-17)22-14-15-4-6-16(7-5-15)21(26)24-11-2-1-3-12-24/h4-7,10,13,17,23H,1-3,8-9,11-12,14H2,(H,22,25). The second-order valence-electron chi connectivity index (χ2n) is 7.74. The number of amides is 2. The summed E-state index contributed by atoms with van der Waals surface area (Å²) >= 11 is 1.11. The van der Waals surface area contributed by atoms with Crippen molar-refractivity contribution in [2.24, 2.45) is 0 Å². The Morgan fingerprint density at radius 2 is 1.73 bits per heavy atom. The van der Waals surface area contributed by atoms with Crippen LogP contribution in [-0.2, 0) is 16.6 Å². The first kappa shape index (κ1) is 21.0. The highest BCUT2D eigenvalue weighted by Gasteiger charge is 2.31. The van der Waals surface area contributed by atoms with E-state index in [4.69, 9.17) is 0 Å². The number of hydrogen-bond donors (Lipinski definition) is 2. The van der Waals surface area contributed by atoms with Crippen molar-refractivity contribution < 1.29 is 18.0 Å². The number of thiophene rings is 1. The van der Waals surface area contributed by atoms with Gasteiger partial charge in [0.05, 0.1) is 0 Å². The van der Waals surface area contributed by atoms with Crippen molar-refractivity contribution in [3.05, 3.63) is 51.7 Å². The second-order valence-corrected chi connectivity index (χ2v) is 10.3. The number of likely N-dealkylation sites (tertiary alicyclic amines) is 1. The van der Waals surface area contributed by atoms with E-state index in [2.05, 4.69) is 10.0 Å². The van der Waals surface area contributed by atoms with Gasteiger partial charge in [0.15, 0.2) is 0 Å². The fraction of sp³-hybridized carbons (Fsp3) is 0.429. The molecule has 0 unspecified atom stereocenters. The van der Waals surface area contributed by atoms with Gasteiger partial charge in [-0.25, -0.2) is 13.1 Å². The summed E-state index contributed by atoms with van der Waals surface area (Å²) in [7, 11) is -3.68. The monoisotopic (exact) mass is 447 g/mol. The Bertz CT molecular complexity index is 1020. The minimum Gasteiger partial charge on any atom is -0.347 e. The number of sulfonamides is 1. The molecule has 2 aromatic rings. The first-order valence-electron chi connectivity index (χ1n) is 10.2. The summed E-state index contributed by atoms with van der Waals surface area (Å²) in [4.78, 5) is 27.2. The third-order valence-electron chi connectivity index (χ3n) is 5.32. The van der Waals surface area contributed by atoms with Crippen molar-refractivity contribution in [3.63, 3.8) is 0 Å². The van der Waals surface area contributed by atoms with Gasteiger partial charge in [-0.3, -0.25) is 9.59 Å². The minimum atomic E-state index is -3.68. The number of benzene rings is 1.